The van der Waals surface area contributed by atoms with Gasteiger partial charge in [0.1, 0.15) is 23.1 Å². The Kier molecular flexibility index (Phi) is 9.90. The zero-order valence-electron chi connectivity index (χ0n) is 27.7. The molecular weight excluding hydrogens is 657 g/mol. The first-order valence-electron chi connectivity index (χ1n) is 16.3. The van der Waals surface area contributed by atoms with E-state index in [2.05, 4.69) is 15.6 Å². The van der Waals surface area contributed by atoms with Gasteiger partial charge >= 0.3 is 6.18 Å². The SMILES string of the molecule is CCc1nc2cc(-c3cccn4c(C(=O)c5cc(F)c(NC(=O)/C=C/CNC6CCC(OC)CC6)c(F)c5)ccc34)c(C(F)(F)F)cc2n1C. The number of benzene rings is 2. The molecule has 0 atom stereocenters. The number of carbonyl (C=O) groups excluding carboxylic acids is 2. The van der Waals surface area contributed by atoms with Crippen LogP contribution in [0.4, 0.5) is 27.6 Å². The first-order chi connectivity index (χ1) is 23.9. The fourth-order valence-electron chi connectivity index (χ4n) is 6.65. The highest BCUT2D eigenvalue weighted by Crippen LogP contribution is 2.41. The van der Waals surface area contributed by atoms with E-state index in [0.717, 1.165) is 43.9 Å². The van der Waals surface area contributed by atoms with Crippen molar-refractivity contribution in [1.29, 1.82) is 0 Å². The van der Waals surface area contributed by atoms with Crippen molar-refractivity contribution in [3.05, 3.63) is 101 Å². The van der Waals surface area contributed by atoms with Gasteiger partial charge in [-0.2, -0.15) is 13.2 Å². The van der Waals surface area contributed by atoms with Gasteiger partial charge in [-0.25, -0.2) is 13.8 Å². The fourth-order valence-corrected chi connectivity index (χ4v) is 6.65. The van der Waals surface area contributed by atoms with Crippen molar-refractivity contribution in [2.45, 2.75) is 57.3 Å². The molecule has 2 N–H and O–H groups in total. The van der Waals surface area contributed by atoms with Crippen LogP contribution in [0.2, 0.25) is 0 Å². The molecule has 1 fully saturated rings. The summed E-state index contributed by atoms with van der Waals surface area (Å²) in [5.41, 5.74) is -0.858. The van der Waals surface area contributed by atoms with Crippen molar-refractivity contribution in [3.63, 3.8) is 0 Å². The smallest absolute Gasteiger partial charge is 0.381 e. The summed E-state index contributed by atoms with van der Waals surface area (Å²) in [4.78, 5) is 30.5. The van der Waals surface area contributed by atoms with E-state index in [0.29, 0.717) is 35.9 Å². The van der Waals surface area contributed by atoms with Gasteiger partial charge in [-0.15, -0.1) is 0 Å². The van der Waals surface area contributed by atoms with Gasteiger partial charge in [0.2, 0.25) is 11.7 Å². The second-order valence-corrected chi connectivity index (χ2v) is 12.4. The molecule has 0 radical (unpaired) electrons. The van der Waals surface area contributed by atoms with Crippen LogP contribution in [0, 0.1) is 11.6 Å². The third kappa shape index (κ3) is 6.92. The number of carbonyl (C=O) groups is 2. The molecule has 1 saturated carbocycles. The second kappa shape index (κ2) is 14.2. The molecular formula is C37H36F5N5O3. The van der Waals surface area contributed by atoms with E-state index in [-0.39, 0.29) is 34.0 Å². The van der Waals surface area contributed by atoms with Crippen molar-refractivity contribution in [3.8, 4) is 11.1 Å². The van der Waals surface area contributed by atoms with Crippen molar-refractivity contribution in [1.82, 2.24) is 19.3 Å². The quantitative estimate of drug-likeness (QED) is 0.0893. The molecule has 13 heteroatoms. The number of ketones is 1. The lowest BCUT2D eigenvalue weighted by atomic mass is 9.93. The normalized spacial score (nSPS) is 16.9. The number of pyridine rings is 1. The predicted molar refractivity (Wildman–Crippen MR) is 180 cm³/mol. The number of amides is 1. The molecule has 0 bridgehead atoms. The van der Waals surface area contributed by atoms with Gasteiger partial charge in [-0.1, -0.05) is 19.1 Å². The molecule has 1 aliphatic rings. The standard InChI is InChI=1S/C37H36F5N5O3/c1-4-33-44-29-19-25(26(37(40,41)42)20-32(29)46(33)2)24-7-6-16-47-30(24)13-14-31(47)36(49)21-17-27(38)35(28(39)18-21)45-34(48)8-5-15-43-22-9-11-23(50-3)12-10-22/h5-8,13-14,16-20,22-23,43H,4,9-12,15H2,1-3H3,(H,45,48)/b8-5+. The molecule has 2 aromatic carbocycles. The summed E-state index contributed by atoms with van der Waals surface area (Å²) in [7, 11) is 3.36. The van der Waals surface area contributed by atoms with Crippen LogP contribution in [0.15, 0.2) is 66.9 Å². The molecule has 0 saturated heterocycles. The number of anilines is 1. The average Bonchev–Trinajstić information content (AvgIpc) is 3.67. The third-order valence-corrected chi connectivity index (χ3v) is 9.30. The number of alkyl halides is 3. The van der Waals surface area contributed by atoms with E-state index in [1.165, 1.54) is 47.0 Å². The number of hydrogen-bond donors (Lipinski definition) is 2. The Balaban J connectivity index is 1.22. The minimum atomic E-state index is -4.69. The number of imidazole rings is 1. The number of methoxy groups -OCH3 is 1. The lowest BCUT2D eigenvalue weighted by Crippen LogP contribution is -2.35. The number of nitrogens with one attached hydrogen (secondary N) is 2. The van der Waals surface area contributed by atoms with E-state index in [9.17, 15) is 22.8 Å². The molecule has 0 unspecified atom stereocenters. The van der Waals surface area contributed by atoms with Crippen LogP contribution in [0.1, 0.15) is 60.0 Å². The second-order valence-electron chi connectivity index (χ2n) is 12.4. The highest BCUT2D eigenvalue weighted by molar-refractivity contribution is 6.09. The lowest BCUT2D eigenvalue weighted by molar-refractivity contribution is -0.137. The number of fused-ring (bicyclic) bond motifs is 2. The number of hydrogen-bond acceptors (Lipinski definition) is 5. The minimum Gasteiger partial charge on any atom is -0.381 e. The first kappa shape index (κ1) is 35.0. The summed E-state index contributed by atoms with van der Waals surface area (Å²) in [6.45, 7) is 2.26. The maximum Gasteiger partial charge on any atom is 0.417 e. The zero-order chi connectivity index (χ0) is 35.7. The summed E-state index contributed by atoms with van der Waals surface area (Å²) in [5, 5.41) is 5.51. The van der Waals surface area contributed by atoms with E-state index >= 15 is 8.78 Å². The van der Waals surface area contributed by atoms with Crippen molar-refractivity contribution in [2.24, 2.45) is 7.05 Å². The summed E-state index contributed by atoms with van der Waals surface area (Å²) >= 11 is 0. The maximum atomic E-state index is 15.1. The zero-order valence-corrected chi connectivity index (χ0v) is 27.7. The van der Waals surface area contributed by atoms with Crippen molar-refractivity contribution in [2.75, 3.05) is 19.0 Å². The Hall–Kier alpha value is -4.88. The highest BCUT2D eigenvalue weighted by atomic mass is 19.4. The Morgan fingerprint density at radius 1 is 1.00 bits per heavy atom. The van der Waals surface area contributed by atoms with Gasteiger partial charge in [-0.3, -0.25) is 9.59 Å². The van der Waals surface area contributed by atoms with Gasteiger partial charge in [0.25, 0.3) is 0 Å². The van der Waals surface area contributed by atoms with Crippen LogP contribution in [-0.4, -0.2) is 51.4 Å². The minimum absolute atomic E-state index is 0.0238. The fraction of sp³-hybridized carbons (Fsp3) is 0.324. The summed E-state index contributed by atoms with van der Waals surface area (Å²) in [5.74, 6) is -3.20. The summed E-state index contributed by atoms with van der Waals surface area (Å²) in [6.07, 6.45) is 4.11. The molecule has 0 aliphatic heterocycles. The van der Waals surface area contributed by atoms with E-state index in [1.54, 1.807) is 24.8 Å². The van der Waals surface area contributed by atoms with E-state index < -0.39 is 40.8 Å². The van der Waals surface area contributed by atoms with Crippen molar-refractivity contribution < 1.29 is 36.3 Å². The van der Waals surface area contributed by atoms with Crippen LogP contribution < -0.4 is 10.6 Å². The largest absolute Gasteiger partial charge is 0.417 e. The Bertz CT molecular complexity index is 2090. The van der Waals surface area contributed by atoms with Crippen LogP contribution in [0.5, 0.6) is 0 Å². The number of rotatable bonds is 10. The summed E-state index contributed by atoms with van der Waals surface area (Å²) in [6, 6.07) is 10.3. The molecule has 3 aromatic heterocycles. The molecule has 50 heavy (non-hydrogen) atoms. The van der Waals surface area contributed by atoms with Crippen molar-refractivity contribution >= 4 is 33.9 Å². The Labute approximate surface area is 284 Å². The van der Waals surface area contributed by atoms with Crippen LogP contribution in [0.25, 0.3) is 27.7 Å². The number of nitrogens with zero attached hydrogens (tertiary/aromatic N) is 3. The maximum absolute atomic E-state index is 15.1. The molecule has 5 aromatic rings. The molecule has 6 rings (SSSR count). The topological polar surface area (TPSA) is 89.7 Å². The molecule has 0 spiro atoms. The van der Waals surface area contributed by atoms with Crippen LogP contribution in [-0.2, 0) is 29.2 Å². The van der Waals surface area contributed by atoms with Gasteiger partial charge in [0, 0.05) is 56.6 Å². The predicted octanol–water partition coefficient (Wildman–Crippen LogP) is 7.63. The molecule has 262 valence electrons. The molecule has 1 aliphatic carbocycles. The van der Waals surface area contributed by atoms with Gasteiger partial charge in [0.15, 0.2) is 0 Å². The van der Waals surface area contributed by atoms with E-state index in [1.807, 2.05) is 6.92 Å². The number of ether oxygens (including phenoxy) is 1. The molecule has 8 nitrogen and oxygen atoms in total. The molecule has 1 amide bonds. The molecule has 3 heterocycles. The highest BCUT2D eigenvalue weighted by Gasteiger charge is 2.35. The average molecular weight is 694 g/mol. The number of aromatic nitrogens is 3. The van der Waals surface area contributed by atoms with Crippen LogP contribution in [0.3, 0.4) is 0 Å². The van der Waals surface area contributed by atoms with Crippen LogP contribution >= 0.6 is 0 Å². The first-order valence-corrected chi connectivity index (χ1v) is 16.3. The Morgan fingerprint density at radius 3 is 2.38 bits per heavy atom. The van der Waals surface area contributed by atoms with Gasteiger partial charge in [0.05, 0.1) is 33.9 Å². The van der Waals surface area contributed by atoms with Gasteiger partial charge in [-0.05, 0) is 73.7 Å². The lowest BCUT2D eigenvalue weighted by Gasteiger charge is -2.27. The summed E-state index contributed by atoms with van der Waals surface area (Å²) < 4.78 is 81.8. The number of aryl methyl sites for hydroxylation is 2. The number of halogens is 5. The van der Waals surface area contributed by atoms with E-state index in [4.69, 9.17) is 4.74 Å². The third-order valence-electron chi connectivity index (χ3n) is 9.30. The monoisotopic (exact) mass is 693 g/mol. The van der Waals surface area contributed by atoms with Gasteiger partial charge < -0.3 is 24.3 Å². The Morgan fingerprint density at radius 2 is 1.72 bits per heavy atom.